The number of rotatable bonds is 3. The molecule has 0 atom stereocenters. The van der Waals surface area contributed by atoms with Crippen molar-refractivity contribution in [1.82, 2.24) is 0 Å². The predicted molar refractivity (Wildman–Crippen MR) is 101 cm³/mol. The quantitative estimate of drug-likeness (QED) is 0.404. The van der Waals surface area contributed by atoms with Crippen molar-refractivity contribution < 1.29 is 0 Å². The van der Waals surface area contributed by atoms with Crippen LogP contribution in [0.3, 0.4) is 0 Å². The molecule has 23 heavy (non-hydrogen) atoms. The molecule has 0 aliphatic carbocycles. The summed E-state index contributed by atoms with van der Waals surface area (Å²) >= 11 is 4.66. The van der Waals surface area contributed by atoms with E-state index >= 15 is 0 Å². The van der Waals surface area contributed by atoms with E-state index < -0.39 is 0 Å². The van der Waals surface area contributed by atoms with Gasteiger partial charge in [-0.15, -0.1) is 0 Å². The first-order valence-electron chi connectivity index (χ1n) is 7.53. The highest BCUT2D eigenvalue weighted by molar-refractivity contribution is 7.78. The number of hydrogen-bond acceptors (Lipinski definition) is 2. The van der Waals surface area contributed by atoms with Crippen molar-refractivity contribution in [1.29, 1.82) is 0 Å². The molecule has 0 amide bonds. The van der Waals surface area contributed by atoms with Crippen molar-refractivity contribution in [3.05, 3.63) is 77.9 Å². The van der Waals surface area contributed by atoms with Crippen LogP contribution in [0, 0.1) is 13.8 Å². The minimum atomic E-state index is 0.845. The maximum atomic E-state index is 4.66. The molecule has 0 unspecified atom stereocenters. The van der Waals surface area contributed by atoms with Gasteiger partial charge in [-0.2, -0.15) is 4.99 Å². The van der Waals surface area contributed by atoms with E-state index in [4.69, 9.17) is 0 Å². The molecule has 0 saturated carbocycles. The molecule has 3 aromatic carbocycles. The first-order valence-corrected chi connectivity index (χ1v) is 7.94. The van der Waals surface area contributed by atoms with Crippen LogP contribution in [0.2, 0.25) is 0 Å². The van der Waals surface area contributed by atoms with Crippen LogP contribution in [0.15, 0.2) is 71.7 Å². The third-order valence-electron chi connectivity index (χ3n) is 3.97. The fourth-order valence-electron chi connectivity index (χ4n) is 2.68. The van der Waals surface area contributed by atoms with Crippen molar-refractivity contribution in [3.8, 4) is 22.3 Å². The van der Waals surface area contributed by atoms with E-state index in [1.165, 1.54) is 33.4 Å². The summed E-state index contributed by atoms with van der Waals surface area (Å²) in [4.78, 5) is 4.03. The van der Waals surface area contributed by atoms with Gasteiger partial charge < -0.3 is 0 Å². The van der Waals surface area contributed by atoms with Gasteiger partial charge in [0, 0.05) is 0 Å². The van der Waals surface area contributed by atoms with Crippen LogP contribution in [0.1, 0.15) is 11.1 Å². The van der Waals surface area contributed by atoms with Crippen molar-refractivity contribution in [2.24, 2.45) is 4.99 Å². The topological polar surface area (TPSA) is 12.4 Å². The van der Waals surface area contributed by atoms with Crippen LogP contribution in [-0.2, 0) is 0 Å². The van der Waals surface area contributed by atoms with Gasteiger partial charge in [0.15, 0.2) is 0 Å². The molecule has 112 valence electrons. The van der Waals surface area contributed by atoms with Gasteiger partial charge in [-0.05, 0) is 66.0 Å². The summed E-state index contributed by atoms with van der Waals surface area (Å²) in [6.45, 7) is 4.19. The van der Waals surface area contributed by atoms with Gasteiger partial charge in [0.05, 0.1) is 10.8 Å². The summed E-state index contributed by atoms with van der Waals surface area (Å²) in [6.07, 6.45) is 0. The zero-order valence-electron chi connectivity index (χ0n) is 13.2. The van der Waals surface area contributed by atoms with Gasteiger partial charge in [0.1, 0.15) is 0 Å². The standard InChI is InChI=1S/C21H17NS/c1-15-3-5-17(6-4-15)18-7-9-19(10-8-18)21-12-11-20(22-14-23)13-16(21)2/h3-13H,1-2H3. The number of hydrogen-bond donors (Lipinski definition) is 0. The normalized spacial score (nSPS) is 10.2. The van der Waals surface area contributed by atoms with E-state index in [-0.39, 0.29) is 0 Å². The minimum absolute atomic E-state index is 0.845. The molecule has 0 aliphatic rings. The van der Waals surface area contributed by atoms with Gasteiger partial charge in [0.25, 0.3) is 0 Å². The van der Waals surface area contributed by atoms with E-state index in [1.807, 2.05) is 12.1 Å². The summed E-state index contributed by atoms with van der Waals surface area (Å²) in [6, 6.07) is 23.4. The molecule has 1 nitrogen and oxygen atoms in total. The molecule has 3 rings (SSSR count). The van der Waals surface area contributed by atoms with E-state index in [2.05, 4.69) is 90.8 Å². The number of aliphatic imine (C=N–C) groups is 1. The molecule has 0 N–H and O–H groups in total. The summed E-state index contributed by atoms with van der Waals surface area (Å²) in [5, 5.41) is 2.41. The lowest BCUT2D eigenvalue weighted by Crippen LogP contribution is -1.84. The Hall–Kier alpha value is -2.54. The Balaban J connectivity index is 1.93. The van der Waals surface area contributed by atoms with Gasteiger partial charge in [-0.3, -0.25) is 0 Å². The maximum Gasteiger partial charge on any atom is 0.0742 e. The molecule has 0 bridgehead atoms. The van der Waals surface area contributed by atoms with Crippen LogP contribution >= 0.6 is 12.2 Å². The van der Waals surface area contributed by atoms with Gasteiger partial charge >= 0.3 is 0 Å². The minimum Gasteiger partial charge on any atom is -0.195 e. The molecule has 0 saturated heterocycles. The fourth-order valence-corrected chi connectivity index (χ4v) is 2.79. The number of aryl methyl sites for hydroxylation is 2. The number of nitrogens with zero attached hydrogens (tertiary/aromatic N) is 1. The SMILES string of the molecule is Cc1ccc(-c2ccc(-c3ccc(N=C=S)cc3C)cc2)cc1. The average molecular weight is 315 g/mol. The van der Waals surface area contributed by atoms with E-state index in [0.717, 1.165) is 5.69 Å². The lowest BCUT2D eigenvalue weighted by molar-refractivity contribution is 1.42. The maximum absolute atomic E-state index is 4.66. The molecule has 2 heteroatoms. The van der Waals surface area contributed by atoms with E-state index in [9.17, 15) is 0 Å². The Morgan fingerprint density at radius 2 is 1.30 bits per heavy atom. The first-order chi connectivity index (χ1) is 11.2. The second-order valence-electron chi connectivity index (χ2n) is 5.65. The molecule has 0 spiro atoms. The monoisotopic (exact) mass is 315 g/mol. The van der Waals surface area contributed by atoms with Gasteiger partial charge in [-0.25, -0.2) is 0 Å². The Morgan fingerprint density at radius 1 is 0.739 bits per heavy atom. The molecule has 0 aliphatic heterocycles. The Bertz CT molecular complexity index is 871. The molecule has 0 aromatic heterocycles. The van der Waals surface area contributed by atoms with Crippen molar-refractivity contribution in [3.63, 3.8) is 0 Å². The Kier molecular flexibility index (Phi) is 4.47. The fraction of sp³-hybridized carbons (Fsp3) is 0.0952. The summed E-state index contributed by atoms with van der Waals surface area (Å²) in [7, 11) is 0. The predicted octanol–water partition coefficient (Wildman–Crippen LogP) is 6.37. The molecular weight excluding hydrogens is 298 g/mol. The van der Waals surface area contributed by atoms with E-state index in [0.29, 0.717) is 0 Å². The largest absolute Gasteiger partial charge is 0.195 e. The highest BCUT2D eigenvalue weighted by Gasteiger charge is 2.04. The Morgan fingerprint density at radius 3 is 1.87 bits per heavy atom. The lowest BCUT2D eigenvalue weighted by Gasteiger charge is -2.08. The number of isothiocyanates is 1. The summed E-state index contributed by atoms with van der Waals surface area (Å²) < 4.78 is 0. The molecular formula is C21H17NS. The van der Waals surface area contributed by atoms with Crippen LogP contribution in [0.25, 0.3) is 22.3 Å². The zero-order chi connectivity index (χ0) is 16.2. The van der Waals surface area contributed by atoms with Crippen molar-refractivity contribution >= 4 is 23.1 Å². The van der Waals surface area contributed by atoms with Crippen LogP contribution in [0.5, 0.6) is 0 Å². The molecule has 3 aromatic rings. The first kappa shape index (κ1) is 15.4. The highest BCUT2D eigenvalue weighted by Crippen LogP contribution is 2.29. The second kappa shape index (κ2) is 6.70. The lowest BCUT2D eigenvalue weighted by atomic mass is 9.97. The van der Waals surface area contributed by atoms with E-state index in [1.54, 1.807) is 0 Å². The van der Waals surface area contributed by atoms with Crippen LogP contribution in [0.4, 0.5) is 5.69 Å². The number of benzene rings is 3. The molecule has 0 fully saturated rings. The third-order valence-corrected chi connectivity index (χ3v) is 4.06. The van der Waals surface area contributed by atoms with Crippen LogP contribution in [-0.4, -0.2) is 5.16 Å². The zero-order valence-corrected chi connectivity index (χ0v) is 14.0. The van der Waals surface area contributed by atoms with Gasteiger partial charge in [-0.1, -0.05) is 60.2 Å². The Labute approximate surface area is 142 Å². The molecule has 0 radical (unpaired) electrons. The van der Waals surface area contributed by atoms with Crippen molar-refractivity contribution in [2.75, 3.05) is 0 Å². The smallest absolute Gasteiger partial charge is 0.0742 e. The van der Waals surface area contributed by atoms with Gasteiger partial charge in [0.2, 0.25) is 0 Å². The highest BCUT2D eigenvalue weighted by atomic mass is 32.1. The summed E-state index contributed by atoms with van der Waals surface area (Å²) in [5.74, 6) is 0. The van der Waals surface area contributed by atoms with Crippen LogP contribution < -0.4 is 0 Å². The second-order valence-corrected chi connectivity index (χ2v) is 5.83. The average Bonchev–Trinajstić information content (AvgIpc) is 2.56. The third kappa shape index (κ3) is 3.45. The summed E-state index contributed by atoms with van der Waals surface area (Å²) in [5.41, 5.74) is 8.19. The van der Waals surface area contributed by atoms with Crippen molar-refractivity contribution in [2.45, 2.75) is 13.8 Å². The molecule has 0 heterocycles. The number of thiocarbonyl (C=S) groups is 1.